The maximum atomic E-state index is 12.0. The van der Waals surface area contributed by atoms with Crippen molar-refractivity contribution in [3.05, 3.63) is 34.0 Å². The summed E-state index contributed by atoms with van der Waals surface area (Å²) in [5, 5.41) is 9.76. The van der Waals surface area contributed by atoms with Crippen molar-refractivity contribution >= 4 is 30.3 Å². The third-order valence-corrected chi connectivity index (χ3v) is 4.54. The number of thiol groups is 1. The molecule has 1 atom stereocenters. The van der Waals surface area contributed by atoms with Crippen LogP contribution >= 0.6 is 24.4 Å². The molecule has 1 aliphatic rings. The van der Waals surface area contributed by atoms with Gasteiger partial charge in [0, 0.05) is 6.54 Å². The minimum atomic E-state index is -0.0833. The molecule has 1 amide bonds. The molecule has 0 aliphatic carbocycles. The largest absolute Gasteiger partial charge is 0.508 e. The third-order valence-electron chi connectivity index (χ3n) is 2.89. The lowest BCUT2D eigenvalue weighted by atomic mass is 10.1. The van der Waals surface area contributed by atoms with Gasteiger partial charge in [-0.25, -0.2) is 0 Å². The average Bonchev–Trinajstić information content (AvgIpc) is 2.62. The van der Waals surface area contributed by atoms with Crippen molar-refractivity contribution in [3.8, 4) is 0 Å². The van der Waals surface area contributed by atoms with Crippen molar-refractivity contribution in [2.45, 2.75) is 38.8 Å². The number of rotatable bonds is 4. The second-order valence-corrected chi connectivity index (χ2v) is 6.54. The van der Waals surface area contributed by atoms with Gasteiger partial charge in [0.15, 0.2) is 0 Å². The summed E-state index contributed by atoms with van der Waals surface area (Å²) in [6.45, 7) is 8.22. The van der Waals surface area contributed by atoms with Crippen LogP contribution in [-0.4, -0.2) is 27.2 Å². The van der Waals surface area contributed by atoms with Crippen LogP contribution in [0.25, 0.3) is 0 Å². The summed E-state index contributed by atoms with van der Waals surface area (Å²) in [5.41, 5.74) is 1.72. The van der Waals surface area contributed by atoms with E-state index in [1.54, 1.807) is 4.90 Å². The molecule has 1 unspecified atom stereocenters. The molecule has 0 spiro atoms. The van der Waals surface area contributed by atoms with E-state index in [-0.39, 0.29) is 10.6 Å². The first kappa shape index (κ1) is 16.2. The lowest BCUT2D eigenvalue weighted by molar-refractivity contribution is -0.124. The summed E-state index contributed by atoms with van der Waals surface area (Å²) in [6, 6.07) is 0. The normalized spacial score (nSPS) is 22.3. The van der Waals surface area contributed by atoms with Gasteiger partial charge in [-0.15, -0.1) is 12.6 Å². The van der Waals surface area contributed by atoms with Gasteiger partial charge in [-0.3, -0.25) is 4.79 Å². The predicted octanol–water partition coefficient (Wildman–Crippen LogP) is 3.87. The summed E-state index contributed by atoms with van der Waals surface area (Å²) >= 11 is 5.84. The maximum Gasteiger partial charge on any atom is 0.261 e. The van der Waals surface area contributed by atoms with Crippen LogP contribution in [0.3, 0.4) is 0 Å². The average molecular weight is 299 g/mol. The number of hydrogen-bond acceptors (Lipinski definition) is 4. The molecule has 0 aromatic heterocycles. The summed E-state index contributed by atoms with van der Waals surface area (Å²) in [4.78, 5) is 14.4. The van der Waals surface area contributed by atoms with Crippen molar-refractivity contribution in [2.75, 3.05) is 6.54 Å². The van der Waals surface area contributed by atoms with E-state index in [1.165, 1.54) is 11.8 Å². The van der Waals surface area contributed by atoms with Crippen LogP contribution in [0.5, 0.6) is 0 Å². The lowest BCUT2D eigenvalue weighted by Gasteiger charge is -2.15. The first-order valence-corrected chi connectivity index (χ1v) is 7.67. The molecular formula is C14H21NO2S2. The van der Waals surface area contributed by atoms with Crippen LogP contribution in [0, 0.1) is 0 Å². The molecule has 19 heavy (non-hydrogen) atoms. The fourth-order valence-electron chi connectivity index (χ4n) is 1.74. The molecule has 0 saturated carbocycles. The topological polar surface area (TPSA) is 40.5 Å². The van der Waals surface area contributed by atoms with E-state index >= 15 is 0 Å². The van der Waals surface area contributed by atoms with Crippen molar-refractivity contribution in [1.29, 1.82) is 0 Å². The number of amides is 1. The van der Waals surface area contributed by atoms with Gasteiger partial charge in [-0.05, 0) is 45.3 Å². The van der Waals surface area contributed by atoms with Crippen molar-refractivity contribution < 1.29 is 9.90 Å². The molecule has 5 heteroatoms. The molecule has 1 heterocycles. The molecule has 1 rings (SSSR count). The van der Waals surface area contributed by atoms with Crippen LogP contribution in [-0.2, 0) is 4.79 Å². The van der Waals surface area contributed by atoms with Gasteiger partial charge in [0.05, 0.1) is 4.91 Å². The number of carbonyl (C=O) groups is 1. The number of hydrogen-bond donors (Lipinski definition) is 2. The van der Waals surface area contributed by atoms with Gasteiger partial charge >= 0.3 is 0 Å². The van der Waals surface area contributed by atoms with Crippen molar-refractivity contribution in [3.63, 3.8) is 0 Å². The van der Waals surface area contributed by atoms with E-state index in [4.69, 9.17) is 0 Å². The Morgan fingerprint density at radius 1 is 1.47 bits per heavy atom. The number of likely N-dealkylation sites (N-methyl/N-ethyl adjacent to an activating group) is 1. The zero-order valence-corrected chi connectivity index (χ0v) is 13.5. The molecule has 3 nitrogen and oxygen atoms in total. The van der Waals surface area contributed by atoms with E-state index in [2.05, 4.69) is 12.6 Å². The molecule has 0 aromatic carbocycles. The second kappa shape index (κ2) is 7.10. The number of allylic oxidation sites excluding steroid dienone is 4. The van der Waals surface area contributed by atoms with Crippen LogP contribution in [0.1, 0.15) is 34.1 Å². The molecule has 0 aromatic rings. The highest BCUT2D eigenvalue weighted by molar-refractivity contribution is 8.14. The number of aliphatic hydroxyl groups is 1. The lowest BCUT2D eigenvalue weighted by Crippen LogP contribution is -2.28. The molecule has 1 fully saturated rings. The highest BCUT2D eigenvalue weighted by Crippen LogP contribution is 2.36. The van der Waals surface area contributed by atoms with Crippen LogP contribution < -0.4 is 0 Å². The second-order valence-electron chi connectivity index (χ2n) is 4.58. The minimum Gasteiger partial charge on any atom is -0.508 e. The smallest absolute Gasteiger partial charge is 0.261 e. The Morgan fingerprint density at radius 2 is 2.11 bits per heavy atom. The standard InChI is InChI=1S/C14H21NO2S2/c1-5-15-13(17)11(19-14(15)18)8-6-7-10(4)12(16)9(2)3/h7-8,14,16,18H,5-6H2,1-4H3/b10-7-,11-8-. The van der Waals surface area contributed by atoms with E-state index in [0.717, 1.165) is 16.1 Å². The van der Waals surface area contributed by atoms with Gasteiger partial charge in [0.25, 0.3) is 5.91 Å². The molecule has 1 N–H and O–H groups in total. The predicted molar refractivity (Wildman–Crippen MR) is 85.2 cm³/mol. The van der Waals surface area contributed by atoms with E-state index in [1.807, 2.05) is 39.8 Å². The van der Waals surface area contributed by atoms with E-state index < -0.39 is 0 Å². The Kier molecular flexibility index (Phi) is 6.07. The fraction of sp³-hybridized carbons (Fsp3) is 0.500. The molecular weight excluding hydrogens is 278 g/mol. The monoisotopic (exact) mass is 299 g/mol. The quantitative estimate of drug-likeness (QED) is 0.358. The summed E-state index contributed by atoms with van der Waals surface area (Å²) in [5.74, 6) is 0.371. The molecule has 1 saturated heterocycles. The molecule has 106 valence electrons. The summed E-state index contributed by atoms with van der Waals surface area (Å²) in [6.07, 6.45) is 4.45. The van der Waals surface area contributed by atoms with Crippen LogP contribution in [0.2, 0.25) is 0 Å². The zero-order valence-electron chi connectivity index (χ0n) is 11.8. The molecule has 1 aliphatic heterocycles. The SMILES string of the molecule is CCN1C(=O)/C(=C/C/C=C(/C)C(O)=C(C)C)SC1S. The fourth-order valence-corrected chi connectivity index (χ4v) is 3.36. The van der Waals surface area contributed by atoms with Gasteiger partial charge in [0.1, 0.15) is 10.5 Å². The number of nitrogens with zero attached hydrogens (tertiary/aromatic N) is 1. The van der Waals surface area contributed by atoms with Crippen LogP contribution in [0.15, 0.2) is 34.0 Å². The first-order chi connectivity index (χ1) is 8.88. The number of thioether (sulfide) groups is 1. The number of carbonyl (C=O) groups excluding carboxylic acids is 1. The first-order valence-electron chi connectivity index (χ1n) is 6.27. The highest BCUT2D eigenvalue weighted by Gasteiger charge is 2.32. The Hall–Kier alpha value is -0.810. The highest BCUT2D eigenvalue weighted by atomic mass is 32.2. The molecule has 0 bridgehead atoms. The van der Waals surface area contributed by atoms with Gasteiger partial charge in [-0.2, -0.15) is 0 Å². The van der Waals surface area contributed by atoms with Gasteiger partial charge in [-0.1, -0.05) is 23.9 Å². The zero-order chi connectivity index (χ0) is 14.6. The Labute approximate surface area is 124 Å². The minimum absolute atomic E-state index is 0.0463. The summed E-state index contributed by atoms with van der Waals surface area (Å²) in [7, 11) is 0. The molecule has 0 radical (unpaired) electrons. The van der Waals surface area contributed by atoms with Gasteiger partial charge < -0.3 is 10.0 Å². The maximum absolute atomic E-state index is 12.0. The summed E-state index contributed by atoms with van der Waals surface area (Å²) < 4.78 is -0.0833. The number of aliphatic hydroxyl groups excluding tert-OH is 1. The van der Waals surface area contributed by atoms with E-state index in [9.17, 15) is 9.90 Å². The van der Waals surface area contributed by atoms with Crippen LogP contribution in [0.4, 0.5) is 0 Å². The van der Waals surface area contributed by atoms with E-state index in [0.29, 0.717) is 18.7 Å². The van der Waals surface area contributed by atoms with Gasteiger partial charge in [0.2, 0.25) is 0 Å². The third kappa shape index (κ3) is 4.08. The Bertz CT molecular complexity index is 448. The van der Waals surface area contributed by atoms with Crippen molar-refractivity contribution in [2.24, 2.45) is 0 Å². The Balaban J connectivity index is 2.72. The Morgan fingerprint density at radius 3 is 2.58 bits per heavy atom. The van der Waals surface area contributed by atoms with Crippen molar-refractivity contribution in [1.82, 2.24) is 4.90 Å².